The molecule has 0 radical (unpaired) electrons. The van der Waals surface area contributed by atoms with Crippen molar-refractivity contribution in [2.24, 2.45) is 46.3 Å². The molecule has 8 atom stereocenters. The van der Waals surface area contributed by atoms with Gasteiger partial charge in [-0.1, -0.05) is 46.5 Å². The largest absolute Gasteiger partial charge is 0.481 e. The van der Waals surface area contributed by atoms with E-state index in [4.69, 9.17) is 0 Å². The molecule has 1 N–H and O–H groups in total. The van der Waals surface area contributed by atoms with Crippen LogP contribution in [0.25, 0.3) is 0 Å². The number of carbonyl (C=O) groups is 3. The van der Waals surface area contributed by atoms with E-state index < -0.39 is 11.4 Å². The van der Waals surface area contributed by atoms with E-state index in [9.17, 15) is 19.5 Å². The van der Waals surface area contributed by atoms with Crippen LogP contribution in [0, 0.1) is 46.3 Å². The zero-order chi connectivity index (χ0) is 20.3. The maximum atomic E-state index is 13.3. The summed E-state index contributed by atoms with van der Waals surface area (Å²) in [5.74, 6) is -0.734. The van der Waals surface area contributed by atoms with E-state index in [0.717, 1.165) is 64.2 Å². The lowest BCUT2D eigenvalue weighted by atomic mass is 9.44. The van der Waals surface area contributed by atoms with Gasteiger partial charge in [0.15, 0.2) is 0 Å². The van der Waals surface area contributed by atoms with Crippen molar-refractivity contribution in [3.63, 3.8) is 0 Å². The molecular formula is C24H36O4. The Morgan fingerprint density at radius 2 is 1.86 bits per heavy atom. The van der Waals surface area contributed by atoms with Crippen molar-refractivity contribution in [3.05, 3.63) is 0 Å². The highest BCUT2D eigenvalue weighted by Crippen LogP contribution is 2.67. The third kappa shape index (κ3) is 2.51. The molecule has 0 amide bonds. The normalized spacial score (nSPS) is 46.5. The molecule has 156 valence electrons. The lowest BCUT2D eigenvalue weighted by Crippen LogP contribution is -2.58. The Labute approximate surface area is 168 Å². The molecule has 0 aromatic rings. The van der Waals surface area contributed by atoms with Crippen LogP contribution in [0.15, 0.2) is 0 Å². The number of rotatable bonds is 4. The Balaban J connectivity index is 1.72. The summed E-state index contributed by atoms with van der Waals surface area (Å²) in [5.41, 5.74) is -0.927. The third-order valence-electron chi connectivity index (χ3n) is 9.51. The van der Waals surface area contributed by atoms with Gasteiger partial charge in [0.1, 0.15) is 0 Å². The molecule has 0 aliphatic heterocycles. The smallest absolute Gasteiger partial charge is 0.310 e. The first-order valence-corrected chi connectivity index (χ1v) is 11.6. The van der Waals surface area contributed by atoms with Crippen molar-refractivity contribution in [1.82, 2.24) is 0 Å². The molecule has 0 saturated heterocycles. The summed E-state index contributed by atoms with van der Waals surface area (Å²) in [5, 5.41) is 10.3. The second kappa shape index (κ2) is 6.95. The average Bonchev–Trinajstić information content (AvgIpc) is 2.87. The van der Waals surface area contributed by atoms with Crippen molar-refractivity contribution in [2.75, 3.05) is 0 Å². The minimum atomic E-state index is -0.654. The van der Waals surface area contributed by atoms with Crippen molar-refractivity contribution >= 4 is 17.5 Å². The summed E-state index contributed by atoms with van der Waals surface area (Å²) >= 11 is 0. The Morgan fingerprint density at radius 1 is 1.11 bits per heavy atom. The maximum absolute atomic E-state index is 13.3. The lowest BCUT2D eigenvalue weighted by Gasteiger charge is -2.59. The molecular weight excluding hydrogens is 352 g/mol. The third-order valence-corrected chi connectivity index (χ3v) is 9.51. The van der Waals surface area contributed by atoms with Crippen LogP contribution in [0.2, 0.25) is 0 Å². The molecule has 4 nitrogen and oxygen atoms in total. The highest BCUT2D eigenvalue weighted by molar-refractivity contribution is 6.41. The molecule has 4 heteroatoms. The minimum Gasteiger partial charge on any atom is -0.481 e. The van der Waals surface area contributed by atoms with Crippen molar-refractivity contribution in [3.8, 4) is 0 Å². The van der Waals surface area contributed by atoms with E-state index in [0.29, 0.717) is 0 Å². The van der Waals surface area contributed by atoms with Crippen LogP contribution in [0.1, 0.15) is 85.0 Å². The van der Waals surface area contributed by atoms with E-state index in [2.05, 4.69) is 20.8 Å². The van der Waals surface area contributed by atoms with Gasteiger partial charge in [0, 0.05) is 11.8 Å². The van der Waals surface area contributed by atoms with Gasteiger partial charge in [0.25, 0.3) is 0 Å². The van der Waals surface area contributed by atoms with E-state index in [1.807, 2.05) is 0 Å². The van der Waals surface area contributed by atoms with Crippen LogP contribution in [0.5, 0.6) is 0 Å². The van der Waals surface area contributed by atoms with Gasteiger partial charge in [-0.05, 0) is 67.6 Å². The summed E-state index contributed by atoms with van der Waals surface area (Å²) in [4.78, 5) is 38.9. The molecule has 4 saturated carbocycles. The van der Waals surface area contributed by atoms with Crippen LogP contribution in [0.3, 0.4) is 0 Å². The molecule has 1 unspecified atom stereocenters. The second-order valence-corrected chi connectivity index (χ2v) is 10.6. The molecule has 4 fully saturated rings. The molecule has 0 aromatic heterocycles. The zero-order valence-corrected chi connectivity index (χ0v) is 17.7. The fourth-order valence-corrected chi connectivity index (χ4v) is 8.54. The molecule has 0 heterocycles. The zero-order valence-electron chi connectivity index (χ0n) is 17.7. The minimum absolute atomic E-state index is 0.0686. The number of carboxylic acid groups (broad SMARTS) is 1. The highest BCUT2D eigenvalue weighted by Gasteiger charge is 2.68. The Kier molecular flexibility index (Phi) is 4.99. The second-order valence-electron chi connectivity index (χ2n) is 10.6. The van der Waals surface area contributed by atoms with Gasteiger partial charge in [-0.2, -0.15) is 0 Å². The molecule has 28 heavy (non-hydrogen) atoms. The SMILES string of the molecule is CCC[C@@H](C)[C@H]1C(=O)C(=O)[C@H]2[C@@H]3CCC4CCCC[C@]4(C(=O)O)[C@H]3CC[C@]12C. The van der Waals surface area contributed by atoms with Gasteiger partial charge < -0.3 is 5.11 Å². The topological polar surface area (TPSA) is 71.4 Å². The standard InChI is InChI=1S/C24H36O4/c1-4-7-14(2)18-20(25)21(26)19-16-10-9-15-8-5-6-12-24(15,22(27)28)17(16)11-13-23(18,19)3/h14-19H,4-13H2,1-3H3,(H,27,28)/t14-,15?,16-,17+,18+,19-,23-,24-/m1/s1. The quantitative estimate of drug-likeness (QED) is 0.696. The predicted molar refractivity (Wildman–Crippen MR) is 107 cm³/mol. The predicted octanol–water partition coefficient (Wildman–Crippen LogP) is 4.89. The fraction of sp³-hybridized carbons (Fsp3) is 0.875. The Morgan fingerprint density at radius 3 is 2.54 bits per heavy atom. The van der Waals surface area contributed by atoms with Crippen LogP contribution >= 0.6 is 0 Å². The molecule has 0 spiro atoms. The van der Waals surface area contributed by atoms with E-state index in [1.54, 1.807) is 0 Å². The number of carboxylic acids is 1. The van der Waals surface area contributed by atoms with Gasteiger partial charge in [0.05, 0.1) is 5.41 Å². The van der Waals surface area contributed by atoms with Gasteiger partial charge >= 0.3 is 5.97 Å². The van der Waals surface area contributed by atoms with Gasteiger partial charge in [-0.15, -0.1) is 0 Å². The number of ketones is 2. The summed E-state index contributed by atoms with van der Waals surface area (Å²) in [6, 6.07) is 0. The number of hydrogen-bond donors (Lipinski definition) is 1. The van der Waals surface area contributed by atoms with Gasteiger partial charge in [-0.3, -0.25) is 14.4 Å². The van der Waals surface area contributed by atoms with Crippen molar-refractivity contribution in [2.45, 2.75) is 85.0 Å². The van der Waals surface area contributed by atoms with E-state index in [1.165, 1.54) is 0 Å². The summed E-state index contributed by atoms with van der Waals surface area (Å²) in [6.45, 7) is 6.44. The molecule has 0 aromatic carbocycles. The lowest BCUT2D eigenvalue weighted by molar-refractivity contribution is -0.180. The number of aliphatic carboxylic acids is 1. The van der Waals surface area contributed by atoms with Gasteiger partial charge in [-0.25, -0.2) is 0 Å². The number of fused-ring (bicyclic) bond motifs is 5. The summed E-state index contributed by atoms with van der Waals surface area (Å²) in [6.07, 6.45) is 9.43. The summed E-state index contributed by atoms with van der Waals surface area (Å²) < 4.78 is 0. The average molecular weight is 389 g/mol. The van der Waals surface area contributed by atoms with E-state index in [-0.39, 0.29) is 52.5 Å². The molecule has 4 aliphatic rings. The van der Waals surface area contributed by atoms with Crippen LogP contribution in [-0.2, 0) is 14.4 Å². The highest BCUT2D eigenvalue weighted by atomic mass is 16.4. The van der Waals surface area contributed by atoms with Crippen molar-refractivity contribution < 1.29 is 19.5 Å². The first kappa shape index (κ1) is 20.1. The Bertz CT molecular complexity index is 684. The molecule has 0 bridgehead atoms. The van der Waals surface area contributed by atoms with Gasteiger partial charge in [0.2, 0.25) is 11.6 Å². The number of hydrogen-bond acceptors (Lipinski definition) is 3. The van der Waals surface area contributed by atoms with Crippen LogP contribution in [-0.4, -0.2) is 22.6 Å². The number of Topliss-reactive ketones (excluding diaryl/α,β-unsaturated/α-hetero) is 2. The first-order chi connectivity index (χ1) is 13.3. The van der Waals surface area contributed by atoms with E-state index >= 15 is 0 Å². The number of carbonyl (C=O) groups excluding carboxylic acids is 2. The Hall–Kier alpha value is -1.19. The monoisotopic (exact) mass is 388 g/mol. The maximum Gasteiger partial charge on any atom is 0.310 e. The van der Waals surface area contributed by atoms with Crippen LogP contribution in [0.4, 0.5) is 0 Å². The summed E-state index contributed by atoms with van der Waals surface area (Å²) in [7, 11) is 0. The van der Waals surface area contributed by atoms with Crippen molar-refractivity contribution in [1.29, 1.82) is 0 Å². The van der Waals surface area contributed by atoms with Crippen LogP contribution < -0.4 is 0 Å². The molecule has 4 rings (SSSR count). The molecule has 4 aliphatic carbocycles. The fourth-order valence-electron chi connectivity index (χ4n) is 8.54. The first-order valence-electron chi connectivity index (χ1n) is 11.6.